The molecule has 0 atom stereocenters. The first-order chi connectivity index (χ1) is 11.9. The quantitative estimate of drug-likeness (QED) is 0.438. The van der Waals surface area contributed by atoms with Crippen LogP contribution in [0, 0.1) is 0 Å². The van der Waals surface area contributed by atoms with E-state index in [1.54, 1.807) is 0 Å². The van der Waals surface area contributed by atoms with Crippen LogP contribution in [-0.2, 0) is 0 Å². The molecule has 3 aromatic rings. The first kappa shape index (κ1) is 15.4. The minimum Gasteiger partial charge on any atom is -0.260 e. The topological polar surface area (TPSA) is 73.5 Å². The highest BCUT2D eigenvalue weighted by Gasteiger charge is 1.94. The van der Waals surface area contributed by atoms with Crippen molar-refractivity contribution < 1.29 is 0 Å². The lowest BCUT2D eigenvalue weighted by Crippen LogP contribution is -1.90. The van der Waals surface area contributed by atoms with Gasteiger partial charge >= 0.3 is 0 Å². The zero-order valence-corrected chi connectivity index (χ0v) is 12.9. The standard InChI is InChI=1S/C18H16N6/c1-3-8-15(9-4-1)19-23-21-17-12-7-13-18(14-17)22-24-20-16-10-5-2-6-11-16/h1-14H,(H,19,21)(H,20,22). The predicted octanol–water partition coefficient (Wildman–Crippen LogP) is 5.91. The number of nitrogens with one attached hydrogen (secondary N) is 2. The van der Waals surface area contributed by atoms with Crippen LogP contribution in [0.25, 0.3) is 0 Å². The molecule has 0 saturated carbocycles. The molecule has 0 aliphatic rings. The maximum absolute atomic E-state index is 4.08. The Kier molecular flexibility index (Phi) is 5.24. The zero-order chi connectivity index (χ0) is 16.5. The van der Waals surface area contributed by atoms with Gasteiger partial charge in [0.25, 0.3) is 0 Å². The van der Waals surface area contributed by atoms with Crippen molar-refractivity contribution in [1.82, 2.24) is 0 Å². The second-order valence-corrected chi connectivity index (χ2v) is 4.88. The molecule has 118 valence electrons. The Bertz CT molecular complexity index is 748. The SMILES string of the molecule is c1ccc(N=NNc2cccc(NN=Nc3ccccc3)c2)cc1. The fourth-order valence-electron chi connectivity index (χ4n) is 1.93. The van der Waals surface area contributed by atoms with Gasteiger partial charge in [-0.15, -0.1) is 10.2 Å². The molecule has 0 amide bonds. The third-order valence-corrected chi connectivity index (χ3v) is 3.06. The minimum absolute atomic E-state index is 0.788. The van der Waals surface area contributed by atoms with E-state index in [1.165, 1.54) is 0 Å². The van der Waals surface area contributed by atoms with Crippen molar-refractivity contribution in [2.24, 2.45) is 20.7 Å². The van der Waals surface area contributed by atoms with Crippen LogP contribution in [0.3, 0.4) is 0 Å². The molecule has 24 heavy (non-hydrogen) atoms. The summed E-state index contributed by atoms with van der Waals surface area (Å²) in [5, 5.41) is 16.1. The lowest BCUT2D eigenvalue weighted by atomic mass is 10.3. The fraction of sp³-hybridized carbons (Fsp3) is 0. The van der Waals surface area contributed by atoms with Crippen molar-refractivity contribution in [2.75, 3.05) is 10.9 Å². The summed E-state index contributed by atoms with van der Waals surface area (Å²) in [4.78, 5) is 0. The number of nitrogens with zero attached hydrogens (tertiary/aromatic N) is 4. The molecule has 0 radical (unpaired) electrons. The van der Waals surface area contributed by atoms with E-state index in [9.17, 15) is 0 Å². The molecule has 6 heteroatoms. The van der Waals surface area contributed by atoms with E-state index in [0.717, 1.165) is 22.7 Å². The monoisotopic (exact) mass is 316 g/mol. The van der Waals surface area contributed by atoms with Crippen molar-refractivity contribution in [3.8, 4) is 0 Å². The van der Waals surface area contributed by atoms with E-state index in [4.69, 9.17) is 0 Å². The van der Waals surface area contributed by atoms with E-state index >= 15 is 0 Å². The smallest absolute Gasteiger partial charge is 0.0874 e. The van der Waals surface area contributed by atoms with Gasteiger partial charge in [0.1, 0.15) is 0 Å². The van der Waals surface area contributed by atoms with E-state index in [0.29, 0.717) is 0 Å². The largest absolute Gasteiger partial charge is 0.260 e. The summed E-state index contributed by atoms with van der Waals surface area (Å²) in [6, 6.07) is 26.6. The van der Waals surface area contributed by atoms with Crippen molar-refractivity contribution in [1.29, 1.82) is 0 Å². The highest BCUT2D eigenvalue weighted by atomic mass is 15.4. The van der Waals surface area contributed by atoms with Gasteiger partial charge in [-0.3, -0.25) is 10.9 Å². The van der Waals surface area contributed by atoms with Crippen LogP contribution < -0.4 is 10.9 Å². The van der Waals surface area contributed by atoms with Gasteiger partial charge in [-0.05, 0) is 42.5 Å². The molecule has 3 aromatic carbocycles. The Morgan fingerprint density at radius 2 is 0.958 bits per heavy atom. The number of hydrogen-bond donors (Lipinski definition) is 2. The maximum atomic E-state index is 4.08. The summed E-state index contributed by atoms with van der Waals surface area (Å²) >= 11 is 0. The van der Waals surface area contributed by atoms with E-state index in [1.807, 2.05) is 84.9 Å². The second-order valence-electron chi connectivity index (χ2n) is 4.88. The van der Waals surface area contributed by atoms with Gasteiger partial charge in [-0.2, -0.15) is 0 Å². The second kappa shape index (κ2) is 8.19. The van der Waals surface area contributed by atoms with Crippen LogP contribution in [0.1, 0.15) is 0 Å². The molecule has 0 saturated heterocycles. The first-order valence-electron chi connectivity index (χ1n) is 7.44. The normalized spacial score (nSPS) is 11.0. The van der Waals surface area contributed by atoms with Crippen LogP contribution >= 0.6 is 0 Å². The van der Waals surface area contributed by atoms with Crippen molar-refractivity contribution >= 4 is 22.7 Å². The summed E-state index contributed by atoms with van der Waals surface area (Å²) in [5.41, 5.74) is 8.95. The van der Waals surface area contributed by atoms with E-state index in [2.05, 4.69) is 31.5 Å². The summed E-state index contributed by atoms with van der Waals surface area (Å²) in [6.45, 7) is 0. The summed E-state index contributed by atoms with van der Waals surface area (Å²) in [5.74, 6) is 0. The molecule has 0 bridgehead atoms. The number of anilines is 2. The third-order valence-electron chi connectivity index (χ3n) is 3.06. The molecular formula is C18H16N6. The highest BCUT2D eigenvalue weighted by Crippen LogP contribution is 2.17. The third kappa shape index (κ3) is 4.74. The van der Waals surface area contributed by atoms with Gasteiger partial charge in [0, 0.05) is 0 Å². The Hall–Kier alpha value is -3.54. The van der Waals surface area contributed by atoms with Crippen molar-refractivity contribution in [3.05, 3.63) is 84.9 Å². The highest BCUT2D eigenvalue weighted by molar-refractivity contribution is 5.55. The molecule has 0 spiro atoms. The summed E-state index contributed by atoms with van der Waals surface area (Å²) in [6.07, 6.45) is 0. The van der Waals surface area contributed by atoms with Gasteiger partial charge in [0.15, 0.2) is 0 Å². The Labute approximate surface area is 139 Å². The van der Waals surface area contributed by atoms with Crippen LogP contribution in [0.4, 0.5) is 22.7 Å². The van der Waals surface area contributed by atoms with E-state index in [-0.39, 0.29) is 0 Å². The molecule has 0 aliphatic carbocycles. The van der Waals surface area contributed by atoms with Crippen LogP contribution in [0.5, 0.6) is 0 Å². The molecule has 0 heterocycles. The lowest BCUT2D eigenvalue weighted by molar-refractivity contribution is 1.12. The molecule has 3 rings (SSSR count). The van der Waals surface area contributed by atoms with Crippen LogP contribution in [0.2, 0.25) is 0 Å². The zero-order valence-electron chi connectivity index (χ0n) is 12.9. The minimum atomic E-state index is 0.788. The molecule has 0 aromatic heterocycles. The molecule has 0 aliphatic heterocycles. The molecule has 2 N–H and O–H groups in total. The Morgan fingerprint density at radius 3 is 1.42 bits per heavy atom. The van der Waals surface area contributed by atoms with Crippen molar-refractivity contribution in [2.45, 2.75) is 0 Å². The van der Waals surface area contributed by atoms with Gasteiger partial charge in [0.2, 0.25) is 0 Å². The number of rotatable bonds is 6. The van der Waals surface area contributed by atoms with Crippen LogP contribution in [-0.4, -0.2) is 0 Å². The molecule has 6 nitrogen and oxygen atoms in total. The van der Waals surface area contributed by atoms with Gasteiger partial charge in [-0.25, -0.2) is 0 Å². The van der Waals surface area contributed by atoms with E-state index < -0.39 is 0 Å². The Balaban J connectivity index is 1.58. The average Bonchev–Trinajstić information content (AvgIpc) is 2.64. The van der Waals surface area contributed by atoms with Gasteiger partial charge in [-0.1, -0.05) is 52.9 Å². The fourth-order valence-corrected chi connectivity index (χ4v) is 1.93. The molecule has 0 unspecified atom stereocenters. The predicted molar refractivity (Wildman–Crippen MR) is 95.6 cm³/mol. The van der Waals surface area contributed by atoms with Gasteiger partial charge < -0.3 is 0 Å². The van der Waals surface area contributed by atoms with Crippen LogP contribution in [0.15, 0.2) is 106 Å². The van der Waals surface area contributed by atoms with Gasteiger partial charge in [0.05, 0.1) is 22.7 Å². The molecular weight excluding hydrogens is 300 g/mol. The summed E-state index contributed by atoms with van der Waals surface area (Å²) in [7, 11) is 0. The summed E-state index contributed by atoms with van der Waals surface area (Å²) < 4.78 is 0. The maximum Gasteiger partial charge on any atom is 0.0874 e. The number of hydrogen-bond acceptors (Lipinski definition) is 4. The average molecular weight is 316 g/mol. The first-order valence-corrected chi connectivity index (χ1v) is 7.44. The number of benzene rings is 3. The lowest BCUT2D eigenvalue weighted by Gasteiger charge is -2.02. The Morgan fingerprint density at radius 1 is 0.500 bits per heavy atom. The van der Waals surface area contributed by atoms with Crippen molar-refractivity contribution in [3.63, 3.8) is 0 Å². The molecule has 0 fully saturated rings.